The highest BCUT2D eigenvalue weighted by Crippen LogP contribution is 2.26. The van der Waals surface area contributed by atoms with Crippen molar-refractivity contribution in [1.82, 2.24) is 9.62 Å². The lowest BCUT2D eigenvalue weighted by Crippen LogP contribution is -2.49. The van der Waals surface area contributed by atoms with Gasteiger partial charge in [0.1, 0.15) is 6.04 Å². The van der Waals surface area contributed by atoms with Gasteiger partial charge in [-0.15, -0.1) is 0 Å². The van der Waals surface area contributed by atoms with Gasteiger partial charge >= 0.3 is 5.97 Å². The summed E-state index contributed by atoms with van der Waals surface area (Å²) in [5.41, 5.74) is 0.551. The fourth-order valence-electron chi connectivity index (χ4n) is 3.27. The number of nitrogens with one attached hydrogen (secondary N) is 1. The van der Waals surface area contributed by atoms with Crippen LogP contribution >= 0.6 is 11.6 Å². The van der Waals surface area contributed by atoms with Gasteiger partial charge in [-0.05, 0) is 62.4 Å². The summed E-state index contributed by atoms with van der Waals surface area (Å²) in [6.07, 6.45) is 2.09. The third-order valence-electron chi connectivity index (χ3n) is 4.79. The Labute approximate surface area is 170 Å². The van der Waals surface area contributed by atoms with E-state index in [1.165, 1.54) is 24.3 Å². The first-order chi connectivity index (χ1) is 13.2. The van der Waals surface area contributed by atoms with Crippen LogP contribution in [0.4, 0.5) is 0 Å². The second-order valence-corrected chi connectivity index (χ2v) is 9.05. The zero-order valence-corrected chi connectivity index (χ0v) is 17.5. The Balaban J connectivity index is 2.53. The summed E-state index contributed by atoms with van der Waals surface area (Å²) in [4.78, 5) is 24.1. The number of benzene rings is 1. The smallest absolute Gasteiger partial charge is 0.331 e. The molecule has 1 aromatic carbocycles. The first kappa shape index (κ1) is 22.4. The highest BCUT2D eigenvalue weighted by atomic mass is 35.5. The Morgan fingerprint density at radius 1 is 1.29 bits per heavy atom. The minimum atomic E-state index is -4.04. The summed E-state index contributed by atoms with van der Waals surface area (Å²) in [5, 5.41) is 12.5. The van der Waals surface area contributed by atoms with E-state index in [1.807, 2.05) is 0 Å². The summed E-state index contributed by atoms with van der Waals surface area (Å²) in [5.74, 6) is -1.45. The van der Waals surface area contributed by atoms with E-state index < -0.39 is 22.0 Å². The largest absolute Gasteiger partial charge is 0.478 e. The Morgan fingerprint density at radius 3 is 2.50 bits per heavy atom. The number of carboxylic acids is 1. The third-order valence-corrected chi connectivity index (χ3v) is 6.91. The molecule has 1 atom stereocenters. The molecule has 0 aromatic heterocycles. The van der Waals surface area contributed by atoms with E-state index in [-0.39, 0.29) is 29.3 Å². The van der Waals surface area contributed by atoms with Crippen LogP contribution in [0.3, 0.4) is 0 Å². The fraction of sp³-hybridized carbons (Fsp3) is 0.474. The second kappa shape index (κ2) is 9.54. The molecule has 1 fully saturated rings. The monoisotopic (exact) mass is 428 g/mol. The Morgan fingerprint density at radius 2 is 1.93 bits per heavy atom. The number of carboxylic acid groups (broad SMARTS) is 1. The van der Waals surface area contributed by atoms with Crippen molar-refractivity contribution in [3.8, 4) is 0 Å². The Kier molecular flexibility index (Phi) is 7.63. The van der Waals surface area contributed by atoms with Crippen LogP contribution in [0.5, 0.6) is 0 Å². The average molecular weight is 429 g/mol. The molecule has 2 rings (SSSR count). The molecule has 9 heteroatoms. The van der Waals surface area contributed by atoms with Crippen molar-refractivity contribution in [2.45, 2.75) is 50.5 Å². The number of rotatable bonds is 7. The molecule has 7 nitrogen and oxygen atoms in total. The van der Waals surface area contributed by atoms with E-state index in [0.717, 1.165) is 10.7 Å². The number of carbonyl (C=O) groups excluding carboxylic acids is 1. The molecule has 154 valence electrons. The van der Waals surface area contributed by atoms with E-state index >= 15 is 0 Å². The van der Waals surface area contributed by atoms with Crippen molar-refractivity contribution in [2.24, 2.45) is 0 Å². The summed E-state index contributed by atoms with van der Waals surface area (Å²) in [6, 6.07) is 4.81. The van der Waals surface area contributed by atoms with Gasteiger partial charge in [0, 0.05) is 23.7 Å². The molecule has 28 heavy (non-hydrogen) atoms. The van der Waals surface area contributed by atoms with Gasteiger partial charge < -0.3 is 10.4 Å². The summed E-state index contributed by atoms with van der Waals surface area (Å²) in [6.45, 7) is 3.61. The van der Waals surface area contributed by atoms with Crippen molar-refractivity contribution in [3.05, 3.63) is 40.4 Å². The van der Waals surface area contributed by atoms with Gasteiger partial charge in [0.05, 0.1) is 4.90 Å². The minimum Gasteiger partial charge on any atom is -0.478 e. The maximum atomic E-state index is 13.3. The second-order valence-electron chi connectivity index (χ2n) is 6.72. The predicted molar refractivity (Wildman–Crippen MR) is 107 cm³/mol. The first-order valence-corrected chi connectivity index (χ1v) is 11.0. The molecule has 0 radical (unpaired) electrons. The van der Waals surface area contributed by atoms with E-state index in [1.54, 1.807) is 13.8 Å². The molecule has 1 aliphatic rings. The Bertz CT molecular complexity index is 865. The van der Waals surface area contributed by atoms with Gasteiger partial charge in [0.25, 0.3) is 0 Å². The van der Waals surface area contributed by atoms with E-state index in [4.69, 9.17) is 11.6 Å². The van der Waals surface area contributed by atoms with Crippen LogP contribution in [-0.4, -0.2) is 48.8 Å². The zero-order chi connectivity index (χ0) is 20.9. The molecule has 1 aromatic rings. The molecule has 2 N–H and O–H groups in total. The van der Waals surface area contributed by atoms with Crippen LogP contribution in [0, 0.1) is 0 Å². The number of sulfonamides is 1. The number of hydrogen-bond donors (Lipinski definition) is 2. The molecular weight excluding hydrogens is 404 g/mol. The van der Waals surface area contributed by atoms with E-state index in [9.17, 15) is 23.1 Å². The van der Waals surface area contributed by atoms with Crippen molar-refractivity contribution in [2.75, 3.05) is 13.1 Å². The summed E-state index contributed by atoms with van der Waals surface area (Å²) in [7, 11) is -4.04. The van der Waals surface area contributed by atoms with Crippen LogP contribution in [0.2, 0.25) is 5.02 Å². The van der Waals surface area contributed by atoms with Gasteiger partial charge in [-0.25, -0.2) is 13.2 Å². The molecule has 0 spiro atoms. The number of carbonyl (C=O) groups is 2. The number of nitrogens with zero attached hydrogens (tertiary/aromatic N) is 1. The number of hydrogen-bond acceptors (Lipinski definition) is 4. The molecule has 0 bridgehead atoms. The normalized spacial score (nSPS) is 19.0. The first-order valence-electron chi connectivity index (χ1n) is 9.15. The summed E-state index contributed by atoms with van der Waals surface area (Å²) >= 11 is 5.87. The molecule has 1 heterocycles. The standard InChI is InChI=1S/C19H25ClN2O5S/c1-3-16(19(24)25)13(2)12-22(17-6-4-5-11-21-18(17)23)28(26,27)15-9-7-14(20)8-10-15/h7-10,17H,3-6,11-12H2,1-2H3,(H,21,23)(H,24,25)/t17-/m1/s1. The molecule has 0 unspecified atom stereocenters. The van der Waals surface area contributed by atoms with Crippen LogP contribution in [0.1, 0.15) is 39.5 Å². The number of amides is 1. The molecular formula is C19H25ClN2O5S. The zero-order valence-electron chi connectivity index (χ0n) is 15.9. The quantitative estimate of drug-likeness (QED) is 0.650. The van der Waals surface area contributed by atoms with Gasteiger partial charge in [-0.1, -0.05) is 18.5 Å². The van der Waals surface area contributed by atoms with Crippen molar-refractivity contribution < 1.29 is 23.1 Å². The van der Waals surface area contributed by atoms with Gasteiger partial charge in [-0.3, -0.25) is 4.79 Å². The molecule has 1 saturated heterocycles. The van der Waals surface area contributed by atoms with Crippen molar-refractivity contribution >= 4 is 33.5 Å². The lowest BCUT2D eigenvalue weighted by Gasteiger charge is -2.30. The lowest BCUT2D eigenvalue weighted by molar-refractivity contribution is -0.132. The van der Waals surface area contributed by atoms with Gasteiger partial charge in [-0.2, -0.15) is 4.31 Å². The van der Waals surface area contributed by atoms with Crippen LogP contribution in [0.25, 0.3) is 0 Å². The van der Waals surface area contributed by atoms with Crippen LogP contribution in [0.15, 0.2) is 40.3 Å². The van der Waals surface area contributed by atoms with Crippen molar-refractivity contribution in [3.63, 3.8) is 0 Å². The maximum Gasteiger partial charge on any atom is 0.331 e. The number of aliphatic carboxylic acids is 1. The number of halogens is 1. The molecule has 1 aliphatic heterocycles. The highest BCUT2D eigenvalue weighted by Gasteiger charge is 2.37. The lowest BCUT2D eigenvalue weighted by atomic mass is 10.1. The Hall–Kier alpha value is -1.90. The molecule has 0 saturated carbocycles. The van der Waals surface area contributed by atoms with E-state index in [2.05, 4.69) is 5.32 Å². The average Bonchev–Trinajstić information content (AvgIpc) is 2.84. The van der Waals surface area contributed by atoms with Crippen LogP contribution < -0.4 is 5.32 Å². The van der Waals surface area contributed by atoms with Gasteiger partial charge in [0.15, 0.2) is 0 Å². The van der Waals surface area contributed by atoms with Gasteiger partial charge in [0.2, 0.25) is 15.9 Å². The molecule has 1 amide bonds. The third kappa shape index (κ3) is 5.12. The minimum absolute atomic E-state index is 0.00937. The van der Waals surface area contributed by atoms with E-state index in [0.29, 0.717) is 30.0 Å². The summed E-state index contributed by atoms with van der Waals surface area (Å²) < 4.78 is 27.8. The SMILES string of the molecule is CCC(C(=O)O)=C(C)CN([C@@H]1CCCCNC1=O)S(=O)(=O)c1ccc(Cl)cc1. The topological polar surface area (TPSA) is 104 Å². The van der Waals surface area contributed by atoms with Crippen molar-refractivity contribution in [1.29, 1.82) is 0 Å². The molecule has 0 aliphatic carbocycles. The van der Waals surface area contributed by atoms with Crippen LogP contribution in [-0.2, 0) is 19.6 Å². The fourth-order valence-corrected chi connectivity index (χ4v) is 5.04. The maximum absolute atomic E-state index is 13.3. The highest BCUT2D eigenvalue weighted by molar-refractivity contribution is 7.89. The predicted octanol–water partition coefficient (Wildman–Crippen LogP) is 2.81.